The van der Waals surface area contributed by atoms with Crippen molar-refractivity contribution in [2.45, 2.75) is 65.6 Å². The van der Waals surface area contributed by atoms with Gasteiger partial charge in [-0.05, 0) is 38.8 Å². The van der Waals surface area contributed by atoms with E-state index in [4.69, 9.17) is 9.47 Å². The summed E-state index contributed by atoms with van der Waals surface area (Å²) in [5.74, 6) is -0.534. The largest absolute Gasteiger partial charge is 0.383 e. The second-order valence-electron chi connectivity index (χ2n) is 9.55. The highest BCUT2D eigenvalue weighted by atomic mass is 16.5. The zero-order chi connectivity index (χ0) is 26.7. The van der Waals surface area contributed by atoms with Gasteiger partial charge in [0, 0.05) is 26.7 Å². The predicted molar refractivity (Wildman–Crippen MR) is 139 cm³/mol. The minimum Gasteiger partial charge on any atom is -0.383 e. The second-order valence-corrected chi connectivity index (χ2v) is 9.55. The molecule has 2 N–H and O–H groups in total. The minimum atomic E-state index is -0.803. The van der Waals surface area contributed by atoms with Crippen molar-refractivity contribution in [1.82, 2.24) is 20.4 Å². The highest BCUT2D eigenvalue weighted by molar-refractivity contribution is 6.03. The van der Waals surface area contributed by atoms with Crippen molar-refractivity contribution in [2.75, 3.05) is 47.0 Å². The van der Waals surface area contributed by atoms with Crippen LogP contribution < -0.4 is 10.6 Å². The third-order valence-corrected chi connectivity index (χ3v) is 7.05. The van der Waals surface area contributed by atoms with Crippen LogP contribution in [0.4, 0.5) is 4.79 Å². The van der Waals surface area contributed by atoms with E-state index < -0.39 is 17.7 Å². The van der Waals surface area contributed by atoms with Gasteiger partial charge >= 0.3 is 6.03 Å². The van der Waals surface area contributed by atoms with Crippen molar-refractivity contribution in [3.05, 3.63) is 35.4 Å². The number of nitrogens with one attached hydrogen (secondary N) is 2. The van der Waals surface area contributed by atoms with Gasteiger partial charge in [0.15, 0.2) is 6.23 Å². The van der Waals surface area contributed by atoms with Gasteiger partial charge in [0.05, 0.1) is 18.1 Å². The van der Waals surface area contributed by atoms with Crippen LogP contribution in [0.1, 0.15) is 63.6 Å². The highest BCUT2D eigenvalue weighted by Gasteiger charge is 2.62. The van der Waals surface area contributed by atoms with Crippen LogP contribution in [0.25, 0.3) is 0 Å². The summed E-state index contributed by atoms with van der Waals surface area (Å²) in [5.41, 5.74) is 1.33. The summed E-state index contributed by atoms with van der Waals surface area (Å²) < 4.78 is 11.0. The summed E-state index contributed by atoms with van der Waals surface area (Å²) in [6.45, 7) is 10.2. The van der Waals surface area contributed by atoms with E-state index >= 15 is 0 Å². The molecule has 1 unspecified atom stereocenters. The Labute approximate surface area is 215 Å². The number of hydrogen-bond donors (Lipinski definition) is 2. The van der Waals surface area contributed by atoms with E-state index in [1.165, 1.54) is 0 Å². The molecule has 1 aromatic carbocycles. The van der Waals surface area contributed by atoms with E-state index in [-0.39, 0.29) is 24.5 Å². The Balaban J connectivity index is 2.02. The molecule has 1 aromatic rings. The molecule has 36 heavy (non-hydrogen) atoms. The maximum atomic E-state index is 13.3. The van der Waals surface area contributed by atoms with Gasteiger partial charge in [-0.2, -0.15) is 0 Å². The molecule has 202 valence electrons. The van der Waals surface area contributed by atoms with E-state index in [0.717, 1.165) is 35.4 Å². The Morgan fingerprint density at radius 2 is 1.81 bits per heavy atom. The average Bonchev–Trinajstić information content (AvgIpc) is 2.86. The summed E-state index contributed by atoms with van der Waals surface area (Å²) >= 11 is 0. The van der Waals surface area contributed by atoms with Crippen molar-refractivity contribution in [3.8, 4) is 0 Å². The summed E-state index contributed by atoms with van der Waals surface area (Å²) in [6.07, 6.45) is 1.89. The van der Waals surface area contributed by atoms with Crippen LogP contribution in [-0.4, -0.2) is 80.9 Å². The maximum absolute atomic E-state index is 13.3. The van der Waals surface area contributed by atoms with E-state index in [0.29, 0.717) is 32.5 Å². The fraction of sp³-hybridized carbons (Fsp3) is 0.667. The molecule has 9 nitrogen and oxygen atoms in total. The monoisotopic (exact) mass is 504 g/mol. The van der Waals surface area contributed by atoms with E-state index in [2.05, 4.69) is 22.5 Å². The average molecular weight is 505 g/mol. The number of aryl methyl sites for hydroxylation is 1. The number of imide groups is 1. The van der Waals surface area contributed by atoms with E-state index in [9.17, 15) is 14.4 Å². The molecule has 0 aromatic heterocycles. The SMILES string of the molecule is CCC[C@@H](NC(=O)N1C(=O)C(CC)(CC)C1OCC(=O)NCCN(C)CCOC)c1ccc(C)cc1. The molecule has 0 saturated carbocycles. The summed E-state index contributed by atoms with van der Waals surface area (Å²) in [6, 6.07) is 7.33. The van der Waals surface area contributed by atoms with Crippen LogP contribution in [0.3, 0.4) is 0 Å². The molecule has 1 fully saturated rings. The van der Waals surface area contributed by atoms with E-state index in [1.54, 1.807) is 7.11 Å². The van der Waals surface area contributed by atoms with Crippen LogP contribution in [-0.2, 0) is 19.1 Å². The predicted octanol–water partition coefficient (Wildman–Crippen LogP) is 3.23. The molecule has 0 aliphatic carbocycles. The quantitative estimate of drug-likeness (QED) is 0.356. The van der Waals surface area contributed by atoms with Gasteiger partial charge in [-0.25, -0.2) is 9.69 Å². The molecule has 1 aliphatic heterocycles. The lowest BCUT2D eigenvalue weighted by atomic mass is 9.72. The highest BCUT2D eigenvalue weighted by Crippen LogP contribution is 2.46. The number of hydrogen-bond acceptors (Lipinski definition) is 6. The zero-order valence-electron chi connectivity index (χ0n) is 22.8. The summed E-state index contributed by atoms with van der Waals surface area (Å²) in [4.78, 5) is 42.1. The lowest BCUT2D eigenvalue weighted by Crippen LogP contribution is -2.72. The Hall–Kier alpha value is -2.49. The lowest BCUT2D eigenvalue weighted by Gasteiger charge is -2.53. The molecule has 1 saturated heterocycles. The molecule has 4 amide bonds. The maximum Gasteiger partial charge on any atom is 0.326 e. The molecular formula is C27H44N4O5. The number of likely N-dealkylation sites (tertiary alicyclic amines) is 1. The molecule has 1 heterocycles. The molecule has 0 spiro atoms. The molecule has 2 rings (SSSR count). The number of β-lactam (4-membered cyclic amide) rings is 1. The molecule has 0 radical (unpaired) electrons. The van der Waals surface area contributed by atoms with Gasteiger partial charge in [-0.3, -0.25) is 9.59 Å². The van der Waals surface area contributed by atoms with Crippen LogP contribution in [0.2, 0.25) is 0 Å². The van der Waals surface area contributed by atoms with Crippen LogP contribution in [0, 0.1) is 12.3 Å². The fourth-order valence-electron chi connectivity index (χ4n) is 4.55. The molecule has 1 aliphatic rings. The Morgan fingerprint density at radius 3 is 2.39 bits per heavy atom. The number of ether oxygens (including phenoxy) is 2. The lowest BCUT2D eigenvalue weighted by molar-refractivity contribution is -0.210. The molecule has 2 atom stereocenters. The third-order valence-electron chi connectivity index (χ3n) is 7.05. The van der Waals surface area contributed by atoms with Gasteiger partial charge in [-0.15, -0.1) is 0 Å². The number of nitrogens with zero attached hydrogens (tertiary/aromatic N) is 2. The number of likely N-dealkylation sites (N-methyl/N-ethyl adjacent to an activating group) is 1. The first-order valence-corrected chi connectivity index (χ1v) is 13.0. The first-order chi connectivity index (χ1) is 17.2. The molecular weight excluding hydrogens is 460 g/mol. The van der Waals surface area contributed by atoms with Crippen molar-refractivity contribution >= 4 is 17.8 Å². The zero-order valence-corrected chi connectivity index (χ0v) is 22.8. The number of rotatable bonds is 15. The summed E-state index contributed by atoms with van der Waals surface area (Å²) in [5, 5.41) is 5.86. The first kappa shape index (κ1) is 29.7. The van der Waals surface area contributed by atoms with Crippen LogP contribution >= 0.6 is 0 Å². The summed E-state index contributed by atoms with van der Waals surface area (Å²) in [7, 11) is 3.61. The van der Waals surface area contributed by atoms with Crippen molar-refractivity contribution in [3.63, 3.8) is 0 Å². The Bertz CT molecular complexity index is 856. The van der Waals surface area contributed by atoms with Crippen molar-refractivity contribution in [1.29, 1.82) is 0 Å². The van der Waals surface area contributed by atoms with Gasteiger partial charge in [-0.1, -0.05) is 57.0 Å². The minimum absolute atomic E-state index is 0.215. The first-order valence-electron chi connectivity index (χ1n) is 13.0. The molecule has 9 heteroatoms. The fourth-order valence-corrected chi connectivity index (χ4v) is 4.55. The van der Waals surface area contributed by atoms with Gasteiger partial charge < -0.3 is 25.0 Å². The number of methoxy groups -OCH3 is 1. The van der Waals surface area contributed by atoms with Crippen molar-refractivity contribution in [2.24, 2.45) is 5.41 Å². The molecule has 0 bridgehead atoms. The van der Waals surface area contributed by atoms with E-state index in [1.807, 2.05) is 52.1 Å². The number of amides is 4. The number of carbonyl (C=O) groups excluding carboxylic acids is 3. The van der Waals surface area contributed by atoms with Gasteiger partial charge in [0.1, 0.15) is 6.61 Å². The Morgan fingerprint density at radius 1 is 1.14 bits per heavy atom. The van der Waals surface area contributed by atoms with Gasteiger partial charge in [0.25, 0.3) is 0 Å². The van der Waals surface area contributed by atoms with Crippen LogP contribution in [0.15, 0.2) is 24.3 Å². The Kier molecular flexibility index (Phi) is 11.8. The van der Waals surface area contributed by atoms with Crippen LogP contribution in [0.5, 0.6) is 0 Å². The van der Waals surface area contributed by atoms with Gasteiger partial charge in [0.2, 0.25) is 11.8 Å². The number of urea groups is 1. The van der Waals surface area contributed by atoms with Crippen molar-refractivity contribution < 1.29 is 23.9 Å². The second kappa shape index (κ2) is 14.3. The normalized spacial score (nSPS) is 17.6. The third kappa shape index (κ3) is 7.27. The number of benzene rings is 1. The topological polar surface area (TPSA) is 100 Å². The standard InChI is InChI=1S/C27H44N4O5/c1-7-10-22(21-13-11-20(4)12-14-21)29-26(34)31-24(33)27(8-2,9-3)25(31)36-19-23(32)28-15-16-30(5)17-18-35-6/h11-14,22,25H,7-10,15-19H2,1-6H3,(H,28,32)(H,29,34)/t22-,25?/m1/s1. The smallest absolute Gasteiger partial charge is 0.326 e. The number of carbonyl (C=O) groups is 3.